The summed E-state index contributed by atoms with van der Waals surface area (Å²) >= 11 is 0. The smallest absolute Gasteiger partial charge is 0.303 e. The first-order valence-corrected chi connectivity index (χ1v) is 21.5. The molecule has 0 heterocycles. The molecule has 0 bridgehead atoms. The highest BCUT2D eigenvalue weighted by Crippen LogP contribution is 2.32. The SMILES string of the molecule is CNC(CCC(=O)NC(CCC(C)=O)(CCC(=O)O)CCC(=O)O)(CCC(=O)NC(CCC(=O)O)(CCC(=O)O)CCC(=O)O)CCC(=O)NC(CCC(=O)O)(CCC(=O)O)CCC(=O)O. The molecule has 0 aliphatic carbocycles. The van der Waals surface area contributed by atoms with Gasteiger partial charge in [0.05, 0.1) is 0 Å². The molecule has 0 saturated carbocycles. The van der Waals surface area contributed by atoms with Gasteiger partial charge in [-0.15, -0.1) is 0 Å². The van der Waals surface area contributed by atoms with Crippen molar-refractivity contribution in [2.45, 2.75) is 183 Å². The normalized spacial score (nSPS) is 11.8. The summed E-state index contributed by atoms with van der Waals surface area (Å²) in [5.74, 6) is -13.0. The molecule has 0 fully saturated rings. The zero-order valence-corrected chi connectivity index (χ0v) is 37.4. The van der Waals surface area contributed by atoms with Crippen LogP contribution >= 0.6 is 0 Å². The third kappa shape index (κ3) is 26.6. The highest BCUT2D eigenvalue weighted by Gasteiger charge is 2.39. The summed E-state index contributed by atoms with van der Waals surface area (Å²) in [6.07, 6.45) is -9.06. The number of ketones is 1. The topological polar surface area (TPSA) is 415 Å². The van der Waals surface area contributed by atoms with E-state index in [1.807, 2.05) is 0 Å². The maximum Gasteiger partial charge on any atom is 0.303 e. The van der Waals surface area contributed by atoms with E-state index in [0.29, 0.717) is 0 Å². The number of carbonyl (C=O) groups is 12. The molecule has 0 aliphatic heterocycles. The van der Waals surface area contributed by atoms with Gasteiger partial charge in [-0.05, 0) is 91.0 Å². The Bertz CT molecular complexity index is 1420. The molecule has 0 spiro atoms. The number of hydrogen-bond donors (Lipinski definition) is 12. The minimum Gasteiger partial charge on any atom is -0.481 e. The Morgan fingerprint density at radius 2 is 0.455 bits per heavy atom. The number of aliphatic carboxylic acids is 8. The van der Waals surface area contributed by atoms with Gasteiger partial charge >= 0.3 is 47.8 Å². The Balaban J connectivity index is 7.10. The lowest BCUT2D eigenvalue weighted by Crippen LogP contribution is -2.52. The maximum atomic E-state index is 13.8. The van der Waals surface area contributed by atoms with Crippen molar-refractivity contribution in [3.05, 3.63) is 0 Å². The zero-order valence-electron chi connectivity index (χ0n) is 37.4. The quantitative estimate of drug-likeness (QED) is 0.0418. The average Bonchev–Trinajstić information content (AvgIpc) is 3.22. The van der Waals surface area contributed by atoms with Crippen LogP contribution in [0.3, 0.4) is 0 Å². The molecule has 374 valence electrons. The summed E-state index contributed by atoms with van der Waals surface area (Å²) in [5, 5.41) is 86.5. The number of hydrogen-bond acceptors (Lipinski definition) is 13. The molecule has 0 rings (SSSR count). The second-order valence-corrected chi connectivity index (χ2v) is 16.9. The van der Waals surface area contributed by atoms with Crippen LogP contribution in [0.2, 0.25) is 0 Å². The molecule has 0 aromatic carbocycles. The van der Waals surface area contributed by atoms with Gasteiger partial charge < -0.3 is 66.9 Å². The van der Waals surface area contributed by atoms with Gasteiger partial charge in [-0.1, -0.05) is 0 Å². The largest absolute Gasteiger partial charge is 0.481 e. The summed E-state index contributed by atoms with van der Waals surface area (Å²) in [6.45, 7) is 1.26. The van der Waals surface area contributed by atoms with Crippen LogP contribution in [0.1, 0.15) is 161 Å². The highest BCUT2D eigenvalue weighted by atomic mass is 16.4. The molecular formula is C42H66N4O20. The van der Waals surface area contributed by atoms with Gasteiger partial charge in [-0.3, -0.25) is 52.7 Å². The molecule has 24 nitrogen and oxygen atoms in total. The molecule has 0 aromatic rings. The molecule has 24 heteroatoms. The third-order valence-corrected chi connectivity index (χ3v) is 11.7. The van der Waals surface area contributed by atoms with Crippen molar-refractivity contribution < 1.29 is 98.4 Å². The average molecular weight is 947 g/mol. The van der Waals surface area contributed by atoms with Gasteiger partial charge in [0.15, 0.2) is 0 Å². The Kier molecular flexibility index (Phi) is 26.6. The first-order chi connectivity index (χ1) is 30.6. The molecule has 0 unspecified atom stereocenters. The van der Waals surface area contributed by atoms with Gasteiger partial charge in [0.25, 0.3) is 0 Å². The van der Waals surface area contributed by atoms with E-state index in [1.54, 1.807) is 0 Å². The van der Waals surface area contributed by atoms with E-state index in [-0.39, 0.29) is 89.3 Å². The second kappa shape index (κ2) is 29.4. The molecule has 0 aromatic heterocycles. The van der Waals surface area contributed by atoms with Crippen LogP contribution in [-0.4, -0.2) is 141 Å². The fraction of sp³-hybridized carbons (Fsp3) is 0.714. The summed E-state index contributed by atoms with van der Waals surface area (Å²) in [5.41, 5.74) is -6.03. The summed E-state index contributed by atoms with van der Waals surface area (Å²) < 4.78 is 0. The molecule has 0 radical (unpaired) electrons. The monoisotopic (exact) mass is 946 g/mol. The van der Waals surface area contributed by atoms with Crippen molar-refractivity contribution in [3.63, 3.8) is 0 Å². The van der Waals surface area contributed by atoms with Crippen LogP contribution in [0, 0.1) is 0 Å². The predicted octanol–water partition coefficient (Wildman–Crippen LogP) is 2.14. The lowest BCUT2D eigenvalue weighted by Gasteiger charge is -2.38. The van der Waals surface area contributed by atoms with Crippen LogP contribution in [0.15, 0.2) is 0 Å². The molecule has 0 saturated heterocycles. The second-order valence-electron chi connectivity index (χ2n) is 16.9. The fourth-order valence-corrected chi connectivity index (χ4v) is 7.76. The first kappa shape index (κ1) is 59.8. The number of Topliss-reactive ketones (excluding diaryl/α,β-unsaturated/α-hetero) is 1. The number of amides is 3. The van der Waals surface area contributed by atoms with Crippen LogP contribution in [-0.2, 0) is 57.5 Å². The molecule has 0 atom stereocenters. The van der Waals surface area contributed by atoms with E-state index < -0.39 is 158 Å². The lowest BCUT2D eigenvalue weighted by atomic mass is 9.80. The molecule has 0 aliphatic rings. The number of carboxylic acid groups (broad SMARTS) is 8. The van der Waals surface area contributed by atoms with Gasteiger partial charge in [0.1, 0.15) is 5.78 Å². The van der Waals surface area contributed by atoms with E-state index in [1.165, 1.54) is 14.0 Å². The van der Waals surface area contributed by atoms with Crippen molar-refractivity contribution >= 4 is 71.3 Å². The van der Waals surface area contributed by atoms with Crippen LogP contribution < -0.4 is 21.3 Å². The van der Waals surface area contributed by atoms with Gasteiger partial charge in [0, 0.05) is 99.2 Å². The van der Waals surface area contributed by atoms with Gasteiger partial charge in [-0.25, -0.2) is 0 Å². The minimum atomic E-state index is -1.60. The van der Waals surface area contributed by atoms with Gasteiger partial charge in [0.2, 0.25) is 17.7 Å². The Hall–Kier alpha value is -6.20. The first-order valence-electron chi connectivity index (χ1n) is 21.5. The predicted molar refractivity (Wildman–Crippen MR) is 227 cm³/mol. The standard InChI is InChI=1S/C42H66N4O20/c1-27(47)3-15-40(19-7-31(51)52,20-8-32(53)54)44-28(48)4-16-39(43-2,17-5-29(49)45-41(21-9-33(55)56,22-10-34(57)58)23-11-35(59)60)18-6-30(50)46-42(24-12-36(61)62,25-13-37(63)64)26-14-38(65)66/h43H,3-26H2,1-2H3,(H,44,48)(H,45,49)(H,46,50)(H,51,52)(H,53,54)(H,55,56)(H,57,58)(H,59,60)(H,61,62)(H,63,64)(H,65,66). The van der Waals surface area contributed by atoms with Crippen LogP contribution in [0.25, 0.3) is 0 Å². The van der Waals surface area contributed by atoms with Crippen LogP contribution in [0.4, 0.5) is 0 Å². The Labute approximate surface area is 380 Å². The lowest BCUT2D eigenvalue weighted by molar-refractivity contribution is -0.141. The van der Waals surface area contributed by atoms with Crippen molar-refractivity contribution in [2.75, 3.05) is 7.05 Å². The van der Waals surface area contributed by atoms with E-state index >= 15 is 0 Å². The summed E-state index contributed by atoms with van der Waals surface area (Å²) in [7, 11) is 1.43. The molecule has 3 amide bonds. The Morgan fingerprint density at radius 3 is 0.606 bits per heavy atom. The molecule has 66 heavy (non-hydrogen) atoms. The highest BCUT2D eigenvalue weighted by molar-refractivity contribution is 5.80. The van der Waals surface area contributed by atoms with E-state index in [9.17, 15) is 98.4 Å². The number of carboxylic acids is 8. The number of rotatable bonds is 40. The van der Waals surface area contributed by atoms with E-state index in [4.69, 9.17) is 0 Å². The fourth-order valence-electron chi connectivity index (χ4n) is 7.76. The Morgan fingerprint density at radius 1 is 0.288 bits per heavy atom. The molecule has 12 N–H and O–H groups in total. The third-order valence-electron chi connectivity index (χ3n) is 11.7. The minimum absolute atomic E-state index is 0.104. The zero-order chi connectivity index (χ0) is 50.7. The van der Waals surface area contributed by atoms with Crippen LogP contribution in [0.5, 0.6) is 0 Å². The number of nitrogens with one attached hydrogen (secondary N) is 4. The molecular weight excluding hydrogens is 880 g/mol. The number of carbonyl (C=O) groups excluding carboxylic acids is 4. The maximum absolute atomic E-state index is 13.8. The van der Waals surface area contributed by atoms with Crippen molar-refractivity contribution in [1.82, 2.24) is 21.3 Å². The van der Waals surface area contributed by atoms with Crippen molar-refractivity contribution in [2.24, 2.45) is 0 Å². The summed E-state index contributed by atoms with van der Waals surface area (Å²) in [6, 6.07) is 0. The van der Waals surface area contributed by atoms with Crippen molar-refractivity contribution in [1.29, 1.82) is 0 Å². The van der Waals surface area contributed by atoms with Gasteiger partial charge in [-0.2, -0.15) is 0 Å². The van der Waals surface area contributed by atoms with E-state index in [2.05, 4.69) is 21.3 Å². The van der Waals surface area contributed by atoms with E-state index in [0.717, 1.165) is 0 Å². The summed E-state index contributed by atoms with van der Waals surface area (Å²) in [4.78, 5) is 146. The van der Waals surface area contributed by atoms with Crippen molar-refractivity contribution in [3.8, 4) is 0 Å².